The Morgan fingerprint density at radius 1 is 1.25 bits per heavy atom. The number of anilines is 2. The van der Waals surface area contributed by atoms with Gasteiger partial charge in [-0.05, 0) is 13.3 Å². The zero-order valence-corrected chi connectivity index (χ0v) is 13.4. The monoisotopic (exact) mass is 370 g/mol. The van der Waals surface area contributed by atoms with Gasteiger partial charge in [-0.2, -0.15) is 18.2 Å². The van der Waals surface area contributed by atoms with Crippen molar-refractivity contribution in [3.8, 4) is 0 Å². The van der Waals surface area contributed by atoms with E-state index in [1.807, 2.05) is 5.32 Å². The van der Waals surface area contributed by atoms with Gasteiger partial charge in [-0.25, -0.2) is 4.98 Å². The van der Waals surface area contributed by atoms with E-state index in [0.717, 1.165) is 0 Å². The molecule has 1 aliphatic rings. The van der Waals surface area contributed by atoms with Crippen molar-refractivity contribution in [3.05, 3.63) is 10.7 Å². The van der Waals surface area contributed by atoms with Crippen LogP contribution in [0.15, 0.2) is 0 Å². The Balaban J connectivity index is 2.16. The molecule has 0 spiro atoms. The molecule has 4 atom stereocenters. The number of hydrogen-bond donors (Lipinski definition) is 5. The van der Waals surface area contributed by atoms with E-state index in [-0.39, 0.29) is 29.9 Å². The van der Waals surface area contributed by atoms with E-state index in [1.54, 1.807) is 6.92 Å². The van der Waals surface area contributed by atoms with Crippen molar-refractivity contribution in [2.75, 3.05) is 23.8 Å². The van der Waals surface area contributed by atoms with Crippen LogP contribution in [0.3, 0.4) is 0 Å². The second-order valence-electron chi connectivity index (χ2n) is 5.69. The topological polar surface area (TPSA) is 111 Å². The summed E-state index contributed by atoms with van der Waals surface area (Å²) in [5.41, 5.74) is 0.392. The van der Waals surface area contributed by atoms with E-state index in [4.69, 9.17) is 16.7 Å². The summed E-state index contributed by atoms with van der Waals surface area (Å²) >= 11 is 5.91. The molecule has 1 heterocycles. The summed E-state index contributed by atoms with van der Waals surface area (Å²) < 4.78 is 36.8. The van der Waals surface area contributed by atoms with Crippen molar-refractivity contribution in [1.82, 2.24) is 9.97 Å². The SMILES string of the molecule is Cc1c(Cl)nc(NCC(F)(F)F)nc1NC1CC(CO)C(O)C1O. The van der Waals surface area contributed by atoms with Crippen LogP contribution < -0.4 is 10.6 Å². The fraction of sp³-hybridized carbons (Fsp3) is 0.692. The van der Waals surface area contributed by atoms with Crippen molar-refractivity contribution >= 4 is 23.4 Å². The molecule has 2 rings (SSSR count). The predicted octanol–water partition coefficient (Wildman–Crippen LogP) is 0.927. The molecule has 11 heteroatoms. The van der Waals surface area contributed by atoms with Crippen LogP contribution in [-0.4, -0.2) is 62.9 Å². The first-order valence-electron chi connectivity index (χ1n) is 7.20. The molecule has 4 unspecified atom stereocenters. The van der Waals surface area contributed by atoms with E-state index < -0.39 is 36.9 Å². The number of hydrogen-bond acceptors (Lipinski definition) is 7. The largest absolute Gasteiger partial charge is 0.405 e. The molecule has 1 aromatic rings. The third-order valence-electron chi connectivity index (χ3n) is 3.89. The maximum atomic E-state index is 12.3. The number of rotatable bonds is 5. The third-order valence-corrected chi connectivity index (χ3v) is 4.26. The number of aromatic nitrogens is 2. The molecule has 0 aliphatic heterocycles. The normalized spacial score (nSPS) is 27.3. The number of nitrogens with one attached hydrogen (secondary N) is 2. The molecule has 0 amide bonds. The van der Waals surface area contributed by atoms with Gasteiger partial charge in [0.1, 0.15) is 23.6 Å². The van der Waals surface area contributed by atoms with E-state index in [0.29, 0.717) is 5.56 Å². The lowest BCUT2D eigenvalue weighted by molar-refractivity contribution is -0.115. The number of halogens is 4. The quantitative estimate of drug-likeness (QED) is 0.490. The maximum absolute atomic E-state index is 12.3. The molecule has 7 nitrogen and oxygen atoms in total. The molecular formula is C13H18ClF3N4O3. The molecule has 0 radical (unpaired) electrons. The highest BCUT2D eigenvalue weighted by Crippen LogP contribution is 2.31. The lowest BCUT2D eigenvalue weighted by atomic mass is 10.1. The Bertz CT molecular complexity index is 590. The van der Waals surface area contributed by atoms with Gasteiger partial charge in [-0.3, -0.25) is 0 Å². The van der Waals surface area contributed by atoms with Crippen LogP contribution in [0, 0.1) is 12.8 Å². The average molecular weight is 371 g/mol. The van der Waals surface area contributed by atoms with Crippen LogP contribution in [0.25, 0.3) is 0 Å². The van der Waals surface area contributed by atoms with Gasteiger partial charge in [0.15, 0.2) is 0 Å². The minimum Gasteiger partial charge on any atom is -0.396 e. The van der Waals surface area contributed by atoms with Gasteiger partial charge in [-0.15, -0.1) is 0 Å². The molecule has 136 valence electrons. The summed E-state index contributed by atoms with van der Waals surface area (Å²) in [6.07, 6.45) is -6.42. The second-order valence-corrected chi connectivity index (χ2v) is 6.05. The van der Waals surface area contributed by atoms with E-state index in [1.165, 1.54) is 0 Å². The third kappa shape index (κ3) is 4.38. The Morgan fingerprint density at radius 3 is 2.46 bits per heavy atom. The average Bonchev–Trinajstić information content (AvgIpc) is 2.77. The van der Waals surface area contributed by atoms with Gasteiger partial charge in [0.2, 0.25) is 5.95 Å². The first-order chi connectivity index (χ1) is 11.1. The smallest absolute Gasteiger partial charge is 0.396 e. The Hall–Kier alpha value is -1.36. The van der Waals surface area contributed by atoms with Crippen molar-refractivity contribution in [2.24, 2.45) is 5.92 Å². The van der Waals surface area contributed by atoms with E-state index in [2.05, 4.69) is 15.3 Å². The van der Waals surface area contributed by atoms with Gasteiger partial charge in [-0.1, -0.05) is 11.6 Å². The summed E-state index contributed by atoms with van der Waals surface area (Å²) in [6, 6.07) is -0.628. The van der Waals surface area contributed by atoms with Crippen LogP contribution in [-0.2, 0) is 0 Å². The molecule has 24 heavy (non-hydrogen) atoms. The van der Waals surface area contributed by atoms with Crippen LogP contribution >= 0.6 is 11.6 Å². The summed E-state index contributed by atoms with van der Waals surface area (Å²) in [4.78, 5) is 7.66. The summed E-state index contributed by atoms with van der Waals surface area (Å²) in [5.74, 6) is -0.662. The van der Waals surface area contributed by atoms with Crippen LogP contribution in [0.2, 0.25) is 5.15 Å². The molecule has 1 aromatic heterocycles. The van der Waals surface area contributed by atoms with Gasteiger partial charge in [0.05, 0.1) is 12.1 Å². The Kier molecular flexibility index (Phi) is 5.74. The summed E-state index contributed by atoms with van der Waals surface area (Å²) in [7, 11) is 0. The van der Waals surface area contributed by atoms with Crippen LogP contribution in [0.4, 0.5) is 24.9 Å². The highest BCUT2D eigenvalue weighted by molar-refractivity contribution is 6.30. The number of aliphatic hydroxyl groups is 3. The molecule has 1 aliphatic carbocycles. The number of alkyl halides is 3. The molecule has 1 saturated carbocycles. The van der Waals surface area contributed by atoms with Gasteiger partial charge < -0.3 is 26.0 Å². The maximum Gasteiger partial charge on any atom is 0.405 e. The van der Waals surface area contributed by atoms with E-state index >= 15 is 0 Å². The molecular weight excluding hydrogens is 353 g/mol. The van der Waals surface area contributed by atoms with Gasteiger partial charge in [0, 0.05) is 18.1 Å². The zero-order valence-electron chi connectivity index (χ0n) is 12.7. The molecule has 5 N–H and O–H groups in total. The van der Waals surface area contributed by atoms with Crippen molar-refractivity contribution in [2.45, 2.75) is 37.8 Å². The van der Waals surface area contributed by atoms with Crippen LogP contribution in [0.5, 0.6) is 0 Å². The Labute approximate surface area is 140 Å². The minimum atomic E-state index is -4.44. The number of nitrogens with zero attached hydrogens (tertiary/aromatic N) is 2. The molecule has 0 bridgehead atoms. The molecule has 0 saturated heterocycles. The second kappa shape index (κ2) is 7.26. The lowest BCUT2D eigenvalue weighted by Gasteiger charge is -2.20. The fourth-order valence-electron chi connectivity index (χ4n) is 2.51. The zero-order chi connectivity index (χ0) is 18.1. The molecule has 1 fully saturated rings. The van der Waals surface area contributed by atoms with Crippen molar-refractivity contribution in [3.63, 3.8) is 0 Å². The van der Waals surface area contributed by atoms with E-state index in [9.17, 15) is 23.4 Å². The minimum absolute atomic E-state index is 0.0380. The summed E-state index contributed by atoms with van der Waals surface area (Å²) in [6.45, 7) is -0.0407. The first-order valence-corrected chi connectivity index (χ1v) is 7.58. The number of aliphatic hydroxyl groups excluding tert-OH is 3. The fourth-order valence-corrected chi connectivity index (χ4v) is 2.68. The van der Waals surface area contributed by atoms with Gasteiger partial charge in [0.25, 0.3) is 0 Å². The highest BCUT2D eigenvalue weighted by Gasteiger charge is 2.41. The van der Waals surface area contributed by atoms with Crippen molar-refractivity contribution < 1.29 is 28.5 Å². The Morgan fingerprint density at radius 2 is 1.92 bits per heavy atom. The van der Waals surface area contributed by atoms with Gasteiger partial charge >= 0.3 is 6.18 Å². The standard InChI is InChI=1S/C13H18ClF3N4O3/c1-5-10(14)20-12(18-4-13(15,16)17)21-11(5)19-7-2-6(3-22)8(23)9(7)24/h6-9,22-24H,2-4H2,1H3,(H2,18,19,20,21). The van der Waals surface area contributed by atoms with Crippen LogP contribution in [0.1, 0.15) is 12.0 Å². The lowest BCUT2D eigenvalue weighted by Crippen LogP contribution is -2.36. The first kappa shape index (κ1) is 19.0. The predicted molar refractivity (Wildman–Crippen MR) is 80.9 cm³/mol. The summed E-state index contributed by atoms with van der Waals surface area (Å²) in [5, 5.41) is 33.8. The van der Waals surface area contributed by atoms with Crippen molar-refractivity contribution in [1.29, 1.82) is 0 Å². The molecule has 0 aromatic carbocycles. The highest BCUT2D eigenvalue weighted by atomic mass is 35.5.